The molecule has 2 rings (SSSR count). The van der Waals surface area contributed by atoms with Gasteiger partial charge in [-0.25, -0.2) is 4.39 Å². The van der Waals surface area contributed by atoms with Crippen molar-refractivity contribution in [1.29, 1.82) is 0 Å². The van der Waals surface area contributed by atoms with Crippen molar-refractivity contribution in [2.45, 2.75) is 13.3 Å². The van der Waals surface area contributed by atoms with Crippen molar-refractivity contribution in [3.8, 4) is 0 Å². The summed E-state index contributed by atoms with van der Waals surface area (Å²) in [5, 5.41) is 2.77. The molecule has 0 aromatic heterocycles. The van der Waals surface area contributed by atoms with Gasteiger partial charge in [-0.15, -0.1) is 0 Å². The van der Waals surface area contributed by atoms with Crippen LogP contribution in [-0.4, -0.2) is 5.91 Å². The highest BCUT2D eigenvalue weighted by molar-refractivity contribution is 9.10. The Balaban J connectivity index is 2.13. The summed E-state index contributed by atoms with van der Waals surface area (Å²) >= 11 is 3.06. The summed E-state index contributed by atoms with van der Waals surface area (Å²) in [4.78, 5) is 12.0. The Bertz CT molecular complexity index is 596. The molecule has 4 heteroatoms. The fourth-order valence-corrected chi connectivity index (χ4v) is 2.04. The highest BCUT2D eigenvalue weighted by Crippen LogP contribution is 2.18. The molecule has 0 unspecified atom stereocenters. The van der Waals surface area contributed by atoms with E-state index in [2.05, 4.69) is 28.2 Å². The second-order valence-corrected chi connectivity index (χ2v) is 4.99. The van der Waals surface area contributed by atoms with Gasteiger partial charge in [0.1, 0.15) is 5.82 Å². The van der Waals surface area contributed by atoms with Crippen LogP contribution in [0.1, 0.15) is 22.8 Å². The molecule has 19 heavy (non-hydrogen) atoms. The van der Waals surface area contributed by atoms with E-state index in [1.165, 1.54) is 23.8 Å². The van der Waals surface area contributed by atoms with Gasteiger partial charge < -0.3 is 5.32 Å². The molecule has 98 valence electrons. The van der Waals surface area contributed by atoms with E-state index in [1.807, 2.05) is 24.3 Å². The number of carbonyl (C=O) groups excluding carboxylic acids is 1. The van der Waals surface area contributed by atoms with E-state index < -0.39 is 0 Å². The first-order chi connectivity index (χ1) is 9.10. The maximum absolute atomic E-state index is 13.1. The smallest absolute Gasteiger partial charge is 0.255 e. The highest BCUT2D eigenvalue weighted by atomic mass is 79.9. The van der Waals surface area contributed by atoms with E-state index in [0.717, 1.165) is 12.1 Å². The number of hydrogen-bond acceptors (Lipinski definition) is 1. The van der Waals surface area contributed by atoms with Gasteiger partial charge in [-0.2, -0.15) is 0 Å². The van der Waals surface area contributed by atoms with Crippen LogP contribution in [0, 0.1) is 5.82 Å². The summed E-state index contributed by atoms with van der Waals surface area (Å²) in [6.07, 6.45) is 0.957. The molecule has 0 radical (unpaired) electrons. The largest absolute Gasteiger partial charge is 0.322 e. The summed E-state index contributed by atoms with van der Waals surface area (Å²) in [5.41, 5.74) is 2.35. The number of anilines is 1. The van der Waals surface area contributed by atoms with Crippen LogP contribution in [0.5, 0.6) is 0 Å². The average molecular weight is 322 g/mol. The molecule has 0 aliphatic rings. The third kappa shape index (κ3) is 3.41. The molecule has 0 atom stereocenters. The summed E-state index contributed by atoms with van der Waals surface area (Å²) < 4.78 is 13.4. The Labute approximate surface area is 119 Å². The standard InChI is InChI=1S/C15H13BrFNO/c1-2-10-3-6-12(7-4-10)18-15(19)11-5-8-14(17)13(16)9-11/h3-9H,2H2,1H3,(H,18,19). The number of aryl methyl sites for hydroxylation is 1. The number of hydrogen-bond donors (Lipinski definition) is 1. The van der Waals surface area contributed by atoms with Crippen molar-refractivity contribution >= 4 is 27.5 Å². The molecule has 0 bridgehead atoms. The number of nitrogens with one attached hydrogen (secondary N) is 1. The van der Waals surface area contributed by atoms with Gasteiger partial charge in [0.25, 0.3) is 5.91 Å². The normalized spacial score (nSPS) is 10.3. The maximum atomic E-state index is 13.1. The van der Waals surface area contributed by atoms with Crippen molar-refractivity contribution < 1.29 is 9.18 Å². The van der Waals surface area contributed by atoms with E-state index in [9.17, 15) is 9.18 Å². The summed E-state index contributed by atoms with van der Waals surface area (Å²) in [6.45, 7) is 2.07. The predicted octanol–water partition coefficient (Wildman–Crippen LogP) is 4.40. The number of benzene rings is 2. The third-order valence-electron chi connectivity index (χ3n) is 2.80. The first-order valence-corrected chi connectivity index (χ1v) is 6.75. The molecular weight excluding hydrogens is 309 g/mol. The van der Waals surface area contributed by atoms with Gasteiger partial charge in [-0.3, -0.25) is 4.79 Å². The average Bonchev–Trinajstić information content (AvgIpc) is 2.42. The first kappa shape index (κ1) is 13.7. The Morgan fingerprint density at radius 3 is 2.47 bits per heavy atom. The topological polar surface area (TPSA) is 29.1 Å². The van der Waals surface area contributed by atoms with Gasteiger partial charge in [0.2, 0.25) is 0 Å². The number of carbonyl (C=O) groups is 1. The lowest BCUT2D eigenvalue weighted by Gasteiger charge is -2.06. The van der Waals surface area contributed by atoms with Crippen LogP contribution in [-0.2, 0) is 6.42 Å². The van der Waals surface area contributed by atoms with Crippen molar-refractivity contribution in [3.05, 3.63) is 63.9 Å². The molecular formula is C15H13BrFNO. The molecule has 0 aliphatic heterocycles. The molecule has 0 saturated heterocycles. The molecule has 0 aliphatic carbocycles. The van der Waals surface area contributed by atoms with E-state index in [4.69, 9.17) is 0 Å². The molecule has 0 spiro atoms. The van der Waals surface area contributed by atoms with Crippen LogP contribution in [0.25, 0.3) is 0 Å². The van der Waals surface area contributed by atoms with Gasteiger partial charge in [0.05, 0.1) is 4.47 Å². The van der Waals surface area contributed by atoms with E-state index in [0.29, 0.717) is 5.56 Å². The van der Waals surface area contributed by atoms with E-state index in [-0.39, 0.29) is 16.2 Å². The monoisotopic (exact) mass is 321 g/mol. The van der Waals surface area contributed by atoms with Crippen LogP contribution < -0.4 is 5.32 Å². The van der Waals surface area contributed by atoms with Crippen molar-refractivity contribution in [3.63, 3.8) is 0 Å². The van der Waals surface area contributed by atoms with Gasteiger partial charge in [-0.1, -0.05) is 19.1 Å². The third-order valence-corrected chi connectivity index (χ3v) is 3.41. The summed E-state index contributed by atoms with van der Waals surface area (Å²) in [6, 6.07) is 11.8. The SMILES string of the molecule is CCc1ccc(NC(=O)c2ccc(F)c(Br)c2)cc1. The summed E-state index contributed by atoms with van der Waals surface area (Å²) in [5.74, 6) is -0.645. The fourth-order valence-electron chi connectivity index (χ4n) is 1.66. The van der Waals surface area contributed by atoms with Crippen molar-refractivity contribution in [2.24, 2.45) is 0 Å². The lowest BCUT2D eigenvalue weighted by Crippen LogP contribution is -2.12. The van der Waals surface area contributed by atoms with Crippen LogP contribution >= 0.6 is 15.9 Å². The molecule has 0 saturated carbocycles. The molecule has 2 nitrogen and oxygen atoms in total. The van der Waals surface area contributed by atoms with Gasteiger partial charge in [0, 0.05) is 11.3 Å². The molecule has 1 N–H and O–H groups in total. The minimum atomic E-state index is -0.385. The second-order valence-electron chi connectivity index (χ2n) is 4.13. The van der Waals surface area contributed by atoms with Crippen LogP contribution in [0.2, 0.25) is 0 Å². The molecule has 1 amide bonds. The van der Waals surface area contributed by atoms with E-state index >= 15 is 0 Å². The van der Waals surface area contributed by atoms with Crippen molar-refractivity contribution in [1.82, 2.24) is 0 Å². The lowest BCUT2D eigenvalue weighted by atomic mass is 10.1. The summed E-state index contributed by atoms with van der Waals surface area (Å²) in [7, 11) is 0. The second kappa shape index (κ2) is 5.97. The van der Waals surface area contributed by atoms with Crippen LogP contribution in [0.3, 0.4) is 0 Å². The number of rotatable bonds is 3. The van der Waals surface area contributed by atoms with Crippen LogP contribution in [0.15, 0.2) is 46.9 Å². The van der Waals surface area contributed by atoms with Gasteiger partial charge in [-0.05, 0) is 58.2 Å². The minimum Gasteiger partial charge on any atom is -0.322 e. The first-order valence-electron chi connectivity index (χ1n) is 5.95. The molecule has 0 fully saturated rings. The Morgan fingerprint density at radius 2 is 1.89 bits per heavy atom. The van der Waals surface area contributed by atoms with E-state index in [1.54, 1.807) is 0 Å². The molecule has 2 aromatic rings. The zero-order chi connectivity index (χ0) is 13.8. The fraction of sp³-hybridized carbons (Fsp3) is 0.133. The van der Waals surface area contributed by atoms with Gasteiger partial charge >= 0.3 is 0 Å². The van der Waals surface area contributed by atoms with Crippen molar-refractivity contribution in [2.75, 3.05) is 5.32 Å². The Morgan fingerprint density at radius 1 is 1.21 bits per heavy atom. The zero-order valence-corrected chi connectivity index (χ0v) is 12.0. The Kier molecular flexibility index (Phi) is 4.32. The highest BCUT2D eigenvalue weighted by Gasteiger charge is 2.08. The Hall–Kier alpha value is -1.68. The minimum absolute atomic E-state index is 0.259. The lowest BCUT2D eigenvalue weighted by molar-refractivity contribution is 0.102. The quantitative estimate of drug-likeness (QED) is 0.891. The van der Waals surface area contributed by atoms with Crippen LogP contribution in [0.4, 0.5) is 10.1 Å². The number of halogens is 2. The zero-order valence-electron chi connectivity index (χ0n) is 10.4. The number of amides is 1. The molecule has 2 aromatic carbocycles. The van der Waals surface area contributed by atoms with Gasteiger partial charge in [0.15, 0.2) is 0 Å². The maximum Gasteiger partial charge on any atom is 0.255 e. The molecule has 0 heterocycles. The predicted molar refractivity (Wildman–Crippen MR) is 77.9 cm³/mol.